The molecule has 2 rings (SSSR count). The van der Waals surface area contributed by atoms with Gasteiger partial charge in [0, 0.05) is 18.8 Å². The summed E-state index contributed by atoms with van der Waals surface area (Å²) in [7, 11) is 1.87. The van der Waals surface area contributed by atoms with E-state index < -0.39 is 0 Å². The summed E-state index contributed by atoms with van der Waals surface area (Å²) < 4.78 is 1.73. The van der Waals surface area contributed by atoms with E-state index in [-0.39, 0.29) is 11.9 Å². The minimum Gasteiger partial charge on any atom is -0.350 e. The van der Waals surface area contributed by atoms with E-state index in [1.54, 1.807) is 17.1 Å². The number of benzene rings is 1. The Morgan fingerprint density at radius 2 is 2.15 bits per heavy atom. The normalized spacial score (nSPS) is 12.2. The van der Waals surface area contributed by atoms with Gasteiger partial charge in [-0.15, -0.1) is 0 Å². The second kappa shape index (κ2) is 6.34. The molecule has 0 fully saturated rings. The molecule has 5 heteroatoms. The Labute approximate surface area is 119 Å². The number of carbonyl (C=O) groups is 1. The fraction of sp³-hybridized carbons (Fsp3) is 0.333. The number of nitrogens with one attached hydrogen (secondary N) is 2. The van der Waals surface area contributed by atoms with Gasteiger partial charge in [0.2, 0.25) is 0 Å². The molecular formula is C15H20N4O. The molecule has 0 aliphatic rings. The quantitative estimate of drug-likeness (QED) is 0.867. The van der Waals surface area contributed by atoms with Crippen LogP contribution in [0, 0.1) is 6.92 Å². The van der Waals surface area contributed by atoms with Crippen LogP contribution in [0.25, 0.3) is 5.69 Å². The van der Waals surface area contributed by atoms with Gasteiger partial charge in [0.05, 0.1) is 17.4 Å². The zero-order valence-corrected chi connectivity index (χ0v) is 12.1. The Morgan fingerprint density at radius 1 is 1.40 bits per heavy atom. The van der Waals surface area contributed by atoms with Gasteiger partial charge in [0.1, 0.15) is 0 Å². The molecule has 1 aromatic heterocycles. The molecule has 1 atom stereocenters. The Kier molecular flexibility index (Phi) is 4.53. The van der Waals surface area contributed by atoms with E-state index in [0.29, 0.717) is 12.1 Å². The van der Waals surface area contributed by atoms with Crippen LogP contribution < -0.4 is 10.6 Å². The van der Waals surface area contributed by atoms with Crippen LogP contribution in [0.5, 0.6) is 0 Å². The largest absolute Gasteiger partial charge is 0.350 e. The highest BCUT2D eigenvalue weighted by Crippen LogP contribution is 2.13. The lowest BCUT2D eigenvalue weighted by atomic mass is 10.2. The number of carbonyl (C=O) groups excluding carboxylic acids is 1. The summed E-state index contributed by atoms with van der Waals surface area (Å²) in [5.74, 6) is -0.105. The number of aryl methyl sites for hydroxylation is 1. The molecule has 106 valence electrons. The van der Waals surface area contributed by atoms with Crippen molar-refractivity contribution >= 4 is 5.91 Å². The van der Waals surface area contributed by atoms with Gasteiger partial charge >= 0.3 is 0 Å². The lowest BCUT2D eigenvalue weighted by molar-refractivity contribution is 0.0950. The number of aromatic nitrogens is 2. The smallest absolute Gasteiger partial charge is 0.254 e. The number of hydrogen-bond donors (Lipinski definition) is 2. The monoisotopic (exact) mass is 272 g/mol. The van der Waals surface area contributed by atoms with Crippen LogP contribution in [0.15, 0.2) is 36.7 Å². The first-order chi connectivity index (χ1) is 9.61. The SMILES string of the molecule is CNC(C)CNC(=O)c1cnn(-c2ccccc2C)c1. The van der Waals surface area contributed by atoms with Crippen molar-refractivity contribution in [3.05, 3.63) is 47.8 Å². The standard InChI is InChI=1S/C15H20N4O/c1-11-6-4-5-7-14(11)19-10-13(9-18-19)15(20)17-8-12(2)16-3/h4-7,9-10,12,16H,8H2,1-3H3,(H,17,20). The van der Waals surface area contributed by atoms with Crippen LogP contribution >= 0.6 is 0 Å². The van der Waals surface area contributed by atoms with Crippen molar-refractivity contribution in [2.24, 2.45) is 0 Å². The molecule has 0 aliphatic heterocycles. The van der Waals surface area contributed by atoms with Crippen LogP contribution in [0.1, 0.15) is 22.8 Å². The van der Waals surface area contributed by atoms with Gasteiger partial charge in [0.25, 0.3) is 5.91 Å². The van der Waals surface area contributed by atoms with Gasteiger partial charge in [-0.3, -0.25) is 4.79 Å². The first-order valence-corrected chi connectivity index (χ1v) is 6.68. The van der Waals surface area contributed by atoms with E-state index in [2.05, 4.69) is 15.7 Å². The predicted octanol–water partition coefficient (Wildman–Crippen LogP) is 1.52. The number of rotatable bonds is 5. The second-order valence-electron chi connectivity index (χ2n) is 4.86. The summed E-state index contributed by atoms with van der Waals surface area (Å²) in [6.07, 6.45) is 3.34. The Balaban J connectivity index is 2.09. The molecule has 0 spiro atoms. The van der Waals surface area contributed by atoms with Crippen LogP contribution in [0.4, 0.5) is 0 Å². The third-order valence-corrected chi connectivity index (χ3v) is 3.27. The molecule has 2 N–H and O–H groups in total. The van der Waals surface area contributed by atoms with Gasteiger partial charge in [0.15, 0.2) is 0 Å². The Hall–Kier alpha value is -2.14. The molecule has 0 radical (unpaired) electrons. The maximum atomic E-state index is 12.0. The summed E-state index contributed by atoms with van der Waals surface area (Å²) in [6, 6.07) is 8.18. The average Bonchev–Trinajstić information content (AvgIpc) is 2.94. The third kappa shape index (κ3) is 3.24. The highest BCUT2D eigenvalue weighted by atomic mass is 16.1. The number of likely N-dealkylation sites (N-methyl/N-ethyl adjacent to an activating group) is 1. The highest BCUT2D eigenvalue weighted by Gasteiger charge is 2.10. The maximum absolute atomic E-state index is 12.0. The van der Waals surface area contributed by atoms with Crippen molar-refractivity contribution < 1.29 is 4.79 Å². The van der Waals surface area contributed by atoms with Gasteiger partial charge in [-0.1, -0.05) is 18.2 Å². The fourth-order valence-corrected chi connectivity index (χ4v) is 1.84. The molecule has 20 heavy (non-hydrogen) atoms. The van der Waals surface area contributed by atoms with Crippen LogP contribution in [-0.4, -0.2) is 35.3 Å². The summed E-state index contributed by atoms with van der Waals surface area (Å²) in [6.45, 7) is 4.62. The number of amides is 1. The van der Waals surface area contributed by atoms with E-state index in [4.69, 9.17) is 0 Å². The molecule has 0 aliphatic carbocycles. The van der Waals surface area contributed by atoms with Gasteiger partial charge < -0.3 is 10.6 Å². The zero-order valence-electron chi connectivity index (χ0n) is 12.1. The average molecular weight is 272 g/mol. The zero-order chi connectivity index (χ0) is 14.5. The summed E-state index contributed by atoms with van der Waals surface area (Å²) >= 11 is 0. The van der Waals surface area contributed by atoms with E-state index in [0.717, 1.165) is 11.3 Å². The van der Waals surface area contributed by atoms with Crippen molar-refractivity contribution in [1.82, 2.24) is 20.4 Å². The molecule has 5 nitrogen and oxygen atoms in total. The summed E-state index contributed by atoms with van der Waals surface area (Å²) in [4.78, 5) is 12.0. The lowest BCUT2D eigenvalue weighted by Gasteiger charge is -2.10. The van der Waals surface area contributed by atoms with Crippen LogP contribution in [0.2, 0.25) is 0 Å². The van der Waals surface area contributed by atoms with E-state index in [1.165, 1.54) is 0 Å². The van der Waals surface area contributed by atoms with Crippen LogP contribution in [-0.2, 0) is 0 Å². The maximum Gasteiger partial charge on any atom is 0.254 e. The fourth-order valence-electron chi connectivity index (χ4n) is 1.84. The Morgan fingerprint density at radius 3 is 2.85 bits per heavy atom. The summed E-state index contributed by atoms with van der Waals surface area (Å²) in [5.41, 5.74) is 2.66. The van der Waals surface area contributed by atoms with Gasteiger partial charge in [-0.05, 0) is 32.5 Å². The van der Waals surface area contributed by atoms with Crippen LogP contribution in [0.3, 0.4) is 0 Å². The van der Waals surface area contributed by atoms with E-state index in [9.17, 15) is 4.79 Å². The minimum atomic E-state index is -0.105. The number of para-hydroxylation sites is 1. The van der Waals surface area contributed by atoms with Crippen molar-refractivity contribution in [3.63, 3.8) is 0 Å². The van der Waals surface area contributed by atoms with Crippen molar-refractivity contribution in [2.75, 3.05) is 13.6 Å². The molecular weight excluding hydrogens is 252 g/mol. The molecule has 0 saturated heterocycles. The summed E-state index contributed by atoms with van der Waals surface area (Å²) in [5, 5.41) is 10.2. The number of nitrogens with zero attached hydrogens (tertiary/aromatic N) is 2. The molecule has 1 heterocycles. The first-order valence-electron chi connectivity index (χ1n) is 6.68. The van der Waals surface area contributed by atoms with Crippen molar-refractivity contribution in [3.8, 4) is 5.69 Å². The Bertz CT molecular complexity index is 591. The highest BCUT2D eigenvalue weighted by molar-refractivity contribution is 5.93. The van der Waals surface area contributed by atoms with Gasteiger partial charge in [-0.25, -0.2) is 4.68 Å². The number of hydrogen-bond acceptors (Lipinski definition) is 3. The molecule has 1 amide bonds. The van der Waals surface area contributed by atoms with E-state index in [1.807, 2.05) is 45.2 Å². The lowest BCUT2D eigenvalue weighted by Crippen LogP contribution is -2.37. The molecule has 2 aromatic rings. The topological polar surface area (TPSA) is 58.9 Å². The second-order valence-corrected chi connectivity index (χ2v) is 4.86. The van der Waals surface area contributed by atoms with Crippen molar-refractivity contribution in [2.45, 2.75) is 19.9 Å². The first kappa shape index (κ1) is 14.3. The third-order valence-electron chi connectivity index (χ3n) is 3.27. The minimum absolute atomic E-state index is 0.105. The van der Waals surface area contributed by atoms with Crippen molar-refractivity contribution in [1.29, 1.82) is 0 Å². The molecule has 1 aromatic carbocycles. The molecule has 0 saturated carbocycles. The molecule has 0 bridgehead atoms. The predicted molar refractivity (Wildman–Crippen MR) is 79.2 cm³/mol. The molecule has 1 unspecified atom stereocenters. The van der Waals surface area contributed by atoms with E-state index >= 15 is 0 Å². The van der Waals surface area contributed by atoms with Gasteiger partial charge in [-0.2, -0.15) is 5.10 Å².